The van der Waals surface area contributed by atoms with Gasteiger partial charge in [-0.1, -0.05) is 10.3 Å². The summed E-state index contributed by atoms with van der Waals surface area (Å²) in [6, 6.07) is 4.19. The van der Waals surface area contributed by atoms with Crippen molar-refractivity contribution in [3.05, 3.63) is 35.5 Å². The Hall–Kier alpha value is -1.62. The normalized spacial score (nSPS) is 12.9. The molecule has 0 aliphatic carbocycles. The van der Waals surface area contributed by atoms with Gasteiger partial charge in [0, 0.05) is 19.0 Å². The van der Waals surface area contributed by atoms with E-state index in [4.69, 9.17) is 4.42 Å². The van der Waals surface area contributed by atoms with Crippen molar-refractivity contribution in [1.82, 2.24) is 15.6 Å². The van der Waals surface area contributed by atoms with Crippen molar-refractivity contribution < 1.29 is 9.05 Å². The topological polar surface area (TPSA) is 64.1 Å². The number of aryl methyl sites for hydroxylation is 1. The fourth-order valence-electron chi connectivity index (χ4n) is 1.48. The average molecular weight is 221 g/mol. The van der Waals surface area contributed by atoms with Crippen molar-refractivity contribution in [2.75, 3.05) is 0 Å². The van der Waals surface area contributed by atoms with Crippen molar-refractivity contribution in [2.45, 2.75) is 32.9 Å². The molecule has 0 aromatic carbocycles. The molecule has 2 aromatic heterocycles. The maximum Gasteiger partial charge on any atom is 0.121 e. The van der Waals surface area contributed by atoms with E-state index in [0.717, 1.165) is 23.6 Å². The van der Waals surface area contributed by atoms with Gasteiger partial charge in [0.1, 0.15) is 17.1 Å². The first kappa shape index (κ1) is 10.9. The molecule has 1 atom stereocenters. The SMILES string of the molecule is Cc1nonc1CNC(C)Cc1ccco1. The Balaban J connectivity index is 1.80. The van der Waals surface area contributed by atoms with Gasteiger partial charge in [0.15, 0.2) is 0 Å². The van der Waals surface area contributed by atoms with E-state index in [-0.39, 0.29) is 0 Å². The molecule has 0 bridgehead atoms. The van der Waals surface area contributed by atoms with Crippen LogP contribution in [0, 0.1) is 6.92 Å². The highest BCUT2D eigenvalue weighted by molar-refractivity contribution is 5.05. The summed E-state index contributed by atoms with van der Waals surface area (Å²) in [5.74, 6) is 0.981. The largest absolute Gasteiger partial charge is 0.469 e. The fraction of sp³-hybridized carbons (Fsp3) is 0.455. The summed E-state index contributed by atoms with van der Waals surface area (Å²) in [5.41, 5.74) is 1.68. The molecular formula is C11H15N3O2. The van der Waals surface area contributed by atoms with Crippen molar-refractivity contribution in [3.8, 4) is 0 Å². The van der Waals surface area contributed by atoms with E-state index in [1.807, 2.05) is 19.1 Å². The van der Waals surface area contributed by atoms with Crippen molar-refractivity contribution >= 4 is 0 Å². The Morgan fingerprint density at radius 3 is 2.94 bits per heavy atom. The molecule has 0 spiro atoms. The molecule has 1 unspecified atom stereocenters. The molecule has 1 N–H and O–H groups in total. The van der Waals surface area contributed by atoms with Gasteiger partial charge in [-0.25, -0.2) is 4.63 Å². The average Bonchev–Trinajstić information content (AvgIpc) is 2.87. The van der Waals surface area contributed by atoms with E-state index < -0.39 is 0 Å². The van der Waals surface area contributed by atoms with Gasteiger partial charge in [0.05, 0.1) is 6.26 Å². The van der Waals surface area contributed by atoms with E-state index in [0.29, 0.717) is 12.6 Å². The summed E-state index contributed by atoms with van der Waals surface area (Å²) in [6.07, 6.45) is 2.55. The molecule has 2 aromatic rings. The van der Waals surface area contributed by atoms with Gasteiger partial charge in [-0.3, -0.25) is 0 Å². The van der Waals surface area contributed by atoms with Gasteiger partial charge in [0.2, 0.25) is 0 Å². The molecule has 5 heteroatoms. The molecule has 0 amide bonds. The number of aromatic nitrogens is 2. The summed E-state index contributed by atoms with van der Waals surface area (Å²) in [4.78, 5) is 0. The second-order valence-electron chi connectivity index (χ2n) is 3.86. The summed E-state index contributed by atoms with van der Waals surface area (Å²) in [5, 5.41) is 10.9. The number of hydrogen-bond donors (Lipinski definition) is 1. The first-order valence-electron chi connectivity index (χ1n) is 5.29. The smallest absolute Gasteiger partial charge is 0.121 e. The Labute approximate surface area is 93.8 Å². The van der Waals surface area contributed by atoms with E-state index in [1.165, 1.54) is 0 Å². The third-order valence-electron chi connectivity index (χ3n) is 2.45. The fourth-order valence-corrected chi connectivity index (χ4v) is 1.48. The summed E-state index contributed by atoms with van der Waals surface area (Å²) in [7, 11) is 0. The van der Waals surface area contributed by atoms with Crippen LogP contribution in [-0.4, -0.2) is 16.4 Å². The standard InChI is InChI=1S/C11H15N3O2/c1-8(6-10-4-3-5-15-10)12-7-11-9(2)13-16-14-11/h3-5,8,12H,6-7H2,1-2H3. The molecule has 0 fully saturated rings. The lowest BCUT2D eigenvalue weighted by Gasteiger charge is -2.10. The highest BCUT2D eigenvalue weighted by Crippen LogP contribution is 2.05. The van der Waals surface area contributed by atoms with Crippen molar-refractivity contribution in [1.29, 1.82) is 0 Å². The van der Waals surface area contributed by atoms with Crippen LogP contribution < -0.4 is 5.32 Å². The van der Waals surface area contributed by atoms with E-state index in [9.17, 15) is 0 Å². The lowest BCUT2D eigenvalue weighted by Crippen LogP contribution is -2.27. The minimum Gasteiger partial charge on any atom is -0.469 e. The summed E-state index contributed by atoms with van der Waals surface area (Å²) in [6.45, 7) is 4.65. The van der Waals surface area contributed by atoms with Crippen LogP contribution in [0.4, 0.5) is 0 Å². The zero-order valence-electron chi connectivity index (χ0n) is 9.43. The Kier molecular flexibility index (Phi) is 3.36. The molecule has 5 nitrogen and oxygen atoms in total. The number of furan rings is 1. The maximum atomic E-state index is 5.28. The van der Waals surface area contributed by atoms with Crippen LogP contribution in [0.2, 0.25) is 0 Å². The minimum atomic E-state index is 0.322. The second kappa shape index (κ2) is 4.94. The first-order valence-corrected chi connectivity index (χ1v) is 5.29. The number of nitrogens with zero attached hydrogens (tertiary/aromatic N) is 2. The zero-order chi connectivity index (χ0) is 11.4. The Morgan fingerprint density at radius 1 is 1.44 bits per heavy atom. The lowest BCUT2D eigenvalue weighted by molar-refractivity contribution is 0.299. The molecular weight excluding hydrogens is 206 g/mol. The van der Waals surface area contributed by atoms with Crippen LogP contribution in [-0.2, 0) is 13.0 Å². The van der Waals surface area contributed by atoms with Crippen molar-refractivity contribution in [3.63, 3.8) is 0 Å². The quantitative estimate of drug-likeness (QED) is 0.832. The van der Waals surface area contributed by atoms with Crippen LogP contribution in [0.5, 0.6) is 0 Å². The van der Waals surface area contributed by atoms with Crippen molar-refractivity contribution in [2.24, 2.45) is 0 Å². The predicted octanol–water partition coefficient (Wildman–Crippen LogP) is 1.69. The second-order valence-corrected chi connectivity index (χ2v) is 3.86. The van der Waals surface area contributed by atoms with Gasteiger partial charge in [-0.05, 0) is 26.0 Å². The third-order valence-corrected chi connectivity index (χ3v) is 2.45. The molecule has 0 saturated carbocycles. The molecule has 2 heterocycles. The van der Waals surface area contributed by atoms with Crippen LogP contribution in [0.15, 0.2) is 27.4 Å². The van der Waals surface area contributed by atoms with Gasteiger partial charge in [-0.2, -0.15) is 0 Å². The van der Waals surface area contributed by atoms with Crippen LogP contribution in [0.25, 0.3) is 0 Å². The predicted molar refractivity (Wildman–Crippen MR) is 57.7 cm³/mol. The van der Waals surface area contributed by atoms with Crippen LogP contribution in [0.3, 0.4) is 0 Å². The monoisotopic (exact) mass is 221 g/mol. The van der Waals surface area contributed by atoms with Gasteiger partial charge in [0.25, 0.3) is 0 Å². The zero-order valence-corrected chi connectivity index (χ0v) is 9.43. The number of nitrogens with one attached hydrogen (secondary N) is 1. The molecule has 16 heavy (non-hydrogen) atoms. The number of rotatable bonds is 5. The molecule has 0 aliphatic rings. The van der Waals surface area contributed by atoms with E-state index in [1.54, 1.807) is 6.26 Å². The summed E-state index contributed by atoms with van der Waals surface area (Å²) >= 11 is 0. The van der Waals surface area contributed by atoms with Gasteiger partial charge < -0.3 is 9.73 Å². The third kappa shape index (κ3) is 2.70. The van der Waals surface area contributed by atoms with Crippen LogP contribution >= 0.6 is 0 Å². The Morgan fingerprint density at radius 2 is 2.31 bits per heavy atom. The minimum absolute atomic E-state index is 0.322. The van der Waals surface area contributed by atoms with Crippen LogP contribution in [0.1, 0.15) is 24.1 Å². The molecule has 86 valence electrons. The summed E-state index contributed by atoms with van der Waals surface area (Å²) < 4.78 is 9.90. The highest BCUT2D eigenvalue weighted by Gasteiger charge is 2.08. The molecule has 0 saturated heterocycles. The molecule has 0 radical (unpaired) electrons. The van der Waals surface area contributed by atoms with E-state index in [2.05, 4.69) is 27.2 Å². The van der Waals surface area contributed by atoms with Gasteiger partial charge >= 0.3 is 0 Å². The van der Waals surface area contributed by atoms with Gasteiger partial charge in [-0.15, -0.1) is 0 Å². The highest BCUT2D eigenvalue weighted by atomic mass is 16.6. The lowest BCUT2D eigenvalue weighted by atomic mass is 10.2. The molecule has 0 aliphatic heterocycles. The maximum absolute atomic E-state index is 5.28. The number of hydrogen-bond acceptors (Lipinski definition) is 5. The first-order chi connectivity index (χ1) is 7.75. The van der Waals surface area contributed by atoms with E-state index >= 15 is 0 Å². The molecule has 2 rings (SSSR count). The Bertz CT molecular complexity index is 422.